The lowest BCUT2D eigenvalue weighted by atomic mass is 10.1. The number of rotatable bonds is 6. The van der Waals surface area contributed by atoms with Crippen LogP contribution in [0.15, 0.2) is 47.3 Å². The summed E-state index contributed by atoms with van der Waals surface area (Å²) in [7, 11) is 0. The third kappa shape index (κ3) is 4.47. The van der Waals surface area contributed by atoms with Gasteiger partial charge in [-0.1, -0.05) is 23.7 Å². The summed E-state index contributed by atoms with van der Waals surface area (Å²) in [6.45, 7) is 3.61. The van der Waals surface area contributed by atoms with Crippen LogP contribution in [0.2, 0.25) is 5.02 Å². The zero-order chi connectivity index (χ0) is 20.2. The molecule has 2 saturated heterocycles. The summed E-state index contributed by atoms with van der Waals surface area (Å²) in [5, 5.41) is 3.12. The highest BCUT2D eigenvalue weighted by molar-refractivity contribution is 7.99. The summed E-state index contributed by atoms with van der Waals surface area (Å²) in [5.41, 5.74) is 1.27. The molecule has 2 amide bonds. The number of hydrogen-bond acceptors (Lipinski definition) is 5. The van der Waals surface area contributed by atoms with Crippen molar-refractivity contribution in [2.75, 3.05) is 31.9 Å². The van der Waals surface area contributed by atoms with Gasteiger partial charge in [0.2, 0.25) is 5.91 Å². The molecule has 2 aliphatic rings. The minimum atomic E-state index is -0.553. The van der Waals surface area contributed by atoms with Crippen LogP contribution in [0.1, 0.15) is 34.1 Å². The van der Waals surface area contributed by atoms with E-state index >= 15 is 0 Å². The first-order valence-electron chi connectivity index (χ1n) is 9.86. The summed E-state index contributed by atoms with van der Waals surface area (Å²) >= 11 is 7.84. The van der Waals surface area contributed by atoms with Gasteiger partial charge in [-0.25, -0.2) is 0 Å². The van der Waals surface area contributed by atoms with E-state index in [1.165, 1.54) is 12.8 Å². The van der Waals surface area contributed by atoms with E-state index in [-0.39, 0.29) is 17.2 Å². The molecule has 6 nitrogen and oxygen atoms in total. The largest absolute Gasteiger partial charge is 0.472 e. The number of benzene rings is 1. The number of carbonyl (C=O) groups excluding carboxylic acids is 2. The number of thioether (sulfide) groups is 1. The molecule has 2 aromatic rings. The van der Waals surface area contributed by atoms with Crippen LogP contribution in [0, 0.1) is 0 Å². The van der Waals surface area contributed by atoms with Gasteiger partial charge in [0, 0.05) is 24.4 Å². The van der Waals surface area contributed by atoms with Gasteiger partial charge >= 0.3 is 0 Å². The first-order chi connectivity index (χ1) is 14.1. The van der Waals surface area contributed by atoms with Crippen LogP contribution in [-0.2, 0) is 4.79 Å². The number of halogens is 1. The molecule has 0 aliphatic carbocycles. The Hall–Kier alpha value is -1.96. The molecule has 154 valence electrons. The summed E-state index contributed by atoms with van der Waals surface area (Å²) in [4.78, 5) is 30.3. The zero-order valence-electron chi connectivity index (χ0n) is 16.1. The van der Waals surface area contributed by atoms with Gasteiger partial charge in [0.05, 0.1) is 23.1 Å². The fourth-order valence-electron chi connectivity index (χ4n) is 3.86. The first-order valence-corrected chi connectivity index (χ1v) is 11.3. The van der Waals surface area contributed by atoms with Crippen LogP contribution in [0.5, 0.6) is 0 Å². The minimum Gasteiger partial charge on any atom is -0.472 e. The topological polar surface area (TPSA) is 65.8 Å². The van der Waals surface area contributed by atoms with Crippen LogP contribution in [0.4, 0.5) is 0 Å². The molecule has 0 spiro atoms. The van der Waals surface area contributed by atoms with Crippen molar-refractivity contribution in [3.8, 4) is 0 Å². The molecule has 2 aliphatic heterocycles. The Kier molecular flexibility index (Phi) is 6.47. The molecule has 1 aromatic heterocycles. The number of amides is 2. The lowest BCUT2D eigenvalue weighted by Crippen LogP contribution is -2.49. The first kappa shape index (κ1) is 20.3. The third-order valence-electron chi connectivity index (χ3n) is 5.40. The molecule has 0 bridgehead atoms. The van der Waals surface area contributed by atoms with E-state index in [1.807, 2.05) is 6.07 Å². The van der Waals surface area contributed by atoms with Gasteiger partial charge in [0.15, 0.2) is 0 Å². The van der Waals surface area contributed by atoms with Gasteiger partial charge in [0.25, 0.3) is 5.91 Å². The van der Waals surface area contributed by atoms with Crippen molar-refractivity contribution in [1.29, 1.82) is 0 Å². The fraction of sp³-hybridized carbons (Fsp3) is 0.429. The molecule has 29 heavy (non-hydrogen) atoms. The highest BCUT2D eigenvalue weighted by Crippen LogP contribution is 2.42. The quantitative estimate of drug-likeness (QED) is 0.756. The van der Waals surface area contributed by atoms with E-state index in [0.29, 0.717) is 22.9 Å². The molecule has 3 heterocycles. The van der Waals surface area contributed by atoms with Crippen molar-refractivity contribution in [3.05, 3.63) is 59.0 Å². The predicted molar refractivity (Wildman–Crippen MR) is 114 cm³/mol. The van der Waals surface area contributed by atoms with Gasteiger partial charge in [-0.15, -0.1) is 11.8 Å². The average Bonchev–Trinajstić information content (AvgIpc) is 3.48. The standard InChI is InChI=1S/C21H24ClN3O3S/c22-17-6-2-1-5-16(17)20(27)25-18(14-29-21(25)15-7-12-28-13-15)19(26)23-8-11-24-9-3-4-10-24/h1-2,5-7,12-13,18,21H,3-4,8-11,14H2,(H,23,26). The lowest BCUT2D eigenvalue weighted by molar-refractivity contribution is -0.124. The summed E-state index contributed by atoms with van der Waals surface area (Å²) in [5.74, 6) is 0.163. The van der Waals surface area contributed by atoms with E-state index < -0.39 is 6.04 Å². The van der Waals surface area contributed by atoms with E-state index in [1.54, 1.807) is 53.5 Å². The maximum atomic E-state index is 13.4. The molecule has 8 heteroatoms. The van der Waals surface area contributed by atoms with Crippen LogP contribution in [0.25, 0.3) is 0 Å². The van der Waals surface area contributed by atoms with Gasteiger partial charge < -0.3 is 19.5 Å². The van der Waals surface area contributed by atoms with Crippen LogP contribution in [0.3, 0.4) is 0 Å². The highest BCUT2D eigenvalue weighted by atomic mass is 35.5. The maximum absolute atomic E-state index is 13.4. The predicted octanol–water partition coefficient (Wildman–Crippen LogP) is 3.40. The molecule has 0 radical (unpaired) electrons. The number of nitrogens with zero attached hydrogens (tertiary/aromatic N) is 2. The van der Waals surface area contributed by atoms with Crippen molar-refractivity contribution >= 4 is 35.2 Å². The van der Waals surface area contributed by atoms with E-state index in [2.05, 4.69) is 10.2 Å². The van der Waals surface area contributed by atoms with Gasteiger partial charge in [0.1, 0.15) is 11.4 Å². The molecule has 2 fully saturated rings. The Morgan fingerprint density at radius 2 is 2.00 bits per heavy atom. The lowest BCUT2D eigenvalue weighted by Gasteiger charge is -2.29. The van der Waals surface area contributed by atoms with Crippen molar-refractivity contribution in [1.82, 2.24) is 15.1 Å². The molecular weight excluding hydrogens is 410 g/mol. The molecule has 2 unspecified atom stereocenters. The van der Waals surface area contributed by atoms with Crippen molar-refractivity contribution in [2.45, 2.75) is 24.3 Å². The van der Waals surface area contributed by atoms with Crippen LogP contribution in [-0.4, -0.2) is 59.6 Å². The molecule has 0 saturated carbocycles. The number of likely N-dealkylation sites (tertiary alicyclic amines) is 1. The summed E-state index contributed by atoms with van der Waals surface area (Å²) < 4.78 is 5.22. The molecule has 2 atom stereocenters. The van der Waals surface area contributed by atoms with E-state index in [0.717, 1.165) is 25.2 Å². The zero-order valence-corrected chi connectivity index (χ0v) is 17.6. The van der Waals surface area contributed by atoms with Crippen LogP contribution >= 0.6 is 23.4 Å². The van der Waals surface area contributed by atoms with E-state index in [4.69, 9.17) is 16.0 Å². The maximum Gasteiger partial charge on any atom is 0.257 e. The van der Waals surface area contributed by atoms with E-state index in [9.17, 15) is 9.59 Å². The Labute approximate surface area is 179 Å². The Bertz CT molecular complexity index is 855. The smallest absolute Gasteiger partial charge is 0.257 e. The van der Waals surface area contributed by atoms with Crippen LogP contribution < -0.4 is 5.32 Å². The van der Waals surface area contributed by atoms with Crippen molar-refractivity contribution in [3.63, 3.8) is 0 Å². The highest BCUT2D eigenvalue weighted by Gasteiger charge is 2.43. The minimum absolute atomic E-state index is 0.122. The summed E-state index contributed by atoms with van der Waals surface area (Å²) in [6.07, 6.45) is 5.65. The number of nitrogens with one attached hydrogen (secondary N) is 1. The Morgan fingerprint density at radius 3 is 2.72 bits per heavy atom. The summed E-state index contributed by atoms with van der Waals surface area (Å²) in [6, 6.07) is 8.23. The Balaban J connectivity index is 1.51. The second-order valence-corrected chi connectivity index (χ2v) is 8.81. The fourth-order valence-corrected chi connectivity index (χ4v) is 5.49. The number of carbonyl (C=O) groups is 2. The van der Waals surface area contributed by atoms with Gasteiger partial charge in [-0.3, -0.25) is 9.59 Å². The molecular formula is C21H24ClN3O3S. The number of furan rings is 1. The molecule has 1 aromatic carbocycles. The molecule has 1 N–H and O–H groups in total. The van der Waals surface area contributed by atoms with Gasteiger partial charge in [-0.2, -0.15) is 0 Å². The second-order valence-electron chi connectivity index (χ2n) is 7.29. The third-order valence-corrected chi connectivity index (χ3v) is 7.05. The Morgan fingerprint density at radius 1 is 1.21 bits per heavy atom. The van der Waals surface area contributed by atoms with Gasteiger partial charge in [-0.05, 0) is 44.1 Å². The SMILES string of the molecule is O=C(NCCN1CCCC1)C1CSC(c2ccoc2)N1C(=O)c1ccccc1Cl. The average molecular weight is 434 g/mol. The molecule has 4 rings (SSSR count). The number of hydrogen-bond donors (Lipinski definition) is 1. The second kappa shape index (κ2) is 9.24. The van der Waals surface area contributed by atoms with Crippen molar-refractivity contribution < 1.29 is 14.0 Å². The monoisotopic (exact) mass is 433 g/mol. The normalized spacial score (nSPS) is 22.2. The van der Waals surface area contributed by atoms with Crippen molar-refractivity contribution in [2.24, 2.45) is 0 Å².